The Hall–Kier alpha value is -4.48. The summed E-state index contributed by atoms with van der Waals surface area (Å²) in [6, 6.07) is 10.7. The molecule has 262 valence electrons. The van der Waals surface area contributed by atoms with Gasteiger partial charge in [0.25, 0.3) is 10.0 Å². The van der Waals surface area contributed by atoms with Gasteiger partial charge >= 0.3 is 0 Å². The molecule has 1 fully saturated rings. The van der Waals surface area contributed by atoms with Crippen LogP contribution in [0.1, 0.15) is 18.9 Å². The fourth-order valence-electron chi connectivity index (χ4n) is 4.74. The van der Waals surface area contributed by atoms with Gasteiger partial charge in [-0.15, -0.1) is 10.2 Å². The number of anilines is 3. The van der Waals surface area contributed by atoms with Crippen LogP contribution in [0, 0.1) is 11.3 Å². The number of aromatic nitrogens is 2. The summed E-state index contributed by atoms with van der Waals surface area (Å²) in [6.07, 6.45) is 1.31. The van der Waals surface area contributed by atoms with Crippen molar-refractivity contribution in [2.75, 3.05) is 41.2 Å². The van der Waals surface area contributed by atoms with Gasteiger partial charge < -0.3 is 20.1 Å². The topological polar surface area (TPSA) is 234 Å². The third-order valence-electron chi connectivity index (χ3n) is 7.16. The number of amides is 1. The highest BCUT2D eigenvalue weighted by Crippen LogP contribution is 2.39. The van der Waals surface area contributed by atoms with Gasteiger partial charge in [-0.2, -0.15) is 10.4 Å². The summed E-state index contributed by atoms with van der Waals surface area (Å²) in [4.78, 5) is 12.9. The maximum absolute atomic E-state index is 13.5. The molecule has 1 saturated heterocycles. The first-order chi connectivity index (χ1) is 23.6. The van der Waals surface area contributed by atoms with Gasteiger partial charge in [0.15, 0.2) is 11.6 Å². The highest BCUT2D eigenvalue weighted by molar-refractivity contribution is 7.93. The van der Waals surface area contributed by atoms with E-state index in [1.54, 1.807) is 11.8 Å². The molecule has 0 radical (unpaired) electrons. The number of halogens is 3. The van der Waals surface area contributed by atoms with E-state index < -0.39 is 30.8 Å². The summed E-state index contributed by atoms with van der Waals surface area (Å²) in [6.45, 7) is 3.20. The van der Waals surface area contributed by atoms with E-state index in [9.17, 15) is 32.0 Å². The summed E-state index contributed by atoms with van der Waals surface area (Å²) in [5.41, 5.74) is 0.247. The van der Waals surface area contributed by atoms with Crippen molar-refractivity contribution in [3.05, 3.63) is 69.3 Å². The predicted molar refractivity (Wildman–Crippen MR) is 186 cm³/mol. The second kappa shape index (κ2) is 14.8. The Bertz CT molecular complexity index is 2290. The van der Waals surface area contributed by atoms with E-state index in [4.69, 9.17) is 44.7 Å². The van der Waals surface area contributed by atoms with Crippen molar-refractivity contribution in [1.29, 1.82) is 5.26 Å². The Balaban J connectivity index is 1.47. The fourth-order valence-corrected chi connectivity index (χ4v) is 7.64. The normalized spacial score (nSPS) is 13.7. The number of nitrogens with zero attached hydrogens (tertiary/aromatic N) is 6. The lowest BCUT2D eigenvalue weighted by atomic mass is 10.2. The van der Waals surface area contributed by atoms with Crippen molar-refractivity contribution in [2.45, 2.75) is 23.1 Å². The van der Waals surface area contributed by atoms with Gasteiger partial charge in [-0.3, -0.25) is 9.52 Å². The second-order valence-corrected chi connectivity index (χ2v) is 14.9. The quantitative estimate of drug-likeness (QED) is 0.117. The monoisotopic (exact) mass is 781 g/mol. The van der Waals surface area contributed by atoms with Crippen molar-refractivity contribution in [1.82, 2.24) is 9.78 Å². The standard InChI is InChI=1S/C29H26Cl3N9O7S2/c1-2-27(42)36-22-10-18(9-21(32)28(22)43)37-38-29-16(14-33)15-35-41(29)24-12-20(31)25(13-19(24)30)50(46,47)39-17-3-4-23(26(11-17)49(34,44)45)40-5-7-48-8-6-40/h3-4,9-13,15,39,43H,2,5-8H2,1H3,(H,36,42)(H2,34,44,45). The van der Waals surface area contributed by atoms with Crippen LogP contribution in [0.3, 0.4) is 0 Å². The Morgan fingerprint density at radius 2 is 1.74 bits per heavy atom. The number of ether oxygens (including phenoxy) is 1. The van der Waals surface area contributed by atoms with Gasteiger partial charge in [-0.05, 0) is 42.5 Å². The average Bonchev–Trinajstić information content (AvgIpc) is 3.49. The first-order valence-electron chi connectivity index (χ1n) is 14.4. The molecule has 5 rings (SSSR count). The molecule has 0 bridgehead atoms. The molecular formula is C29H26Cl3N9O7S2. The van der Waals surface area contributed by atoms with Crippen LogP contribution in [0.5, 0.6) is 5.75 Å². The number of carbonyl (C=O) groups excluding carboxylic acids is 1. The highest BCUT2D eigenvalue weighted by atomic mass is 35.5. The van der Waals surface area contributed by atoms with Crippen molar-refractivity contribution in [3.63, 3.8) is 0 Å². The summed E-state index contributed by atoms with van der Waals surface area (Å²) < 4.78 is 60.6. The lowest BCUT2D eigenvalue weighted by molar-refractivity contribution is -0.115. The van der Waals surface area contributed by atoms with Crippen LogP contribution in [0.15, 0.2) is 68.7 Å². The maximum atomic E-state index is 13.5. The van der Waals surface area contributed by atoms with Crippen LogP contribution in [-0.2, 0) is 29.6 Å². The van der Waals surface area contributed by atoms with Gasteiger partial charge in [0.05, 0.1) is 62.9 Å². The Morgan fingerprint density at radius 1 is 1.02 bits per heavy atom. The van der Waals surface area contributed by atoms with Crippen LogP contribution in [0.2, 0.25) is 15.1 Å². The minimum Gasteiger partial charge on any atom is -0.504 e. The number of carbonyl (C=O) groups is 1. The average molecular weight is 783 g/mol. The van der Waals surface area contributed by atoms with Gasteiger partial charge in [0, 0.05) is 19.5 Å². The molecule has 0 atom stereocenters. The van der Waals surface area contributed by atoms with Crippen LogP contribution in [0.25, 0.3) is 5.69 Å². The molecule has 3 aromatic carbocycles. The fraction of sp³-hybridized carbons (Fsp3) is 0.207. The zero-order valence-electron chi connectivity index (χ0n) is 25.8. The predicted octanol–water partition coefficient (Wildman–Crippen LogP) is 5.46. The van der Waals surface area contributed by atoms with Gasteiger partial charge in [0.1, 0.15) is 21.4 Å². The number of rotatable bonds is 10. The smallest absolute Gasteiger partial charge is 0.263 e. The van der Waals surface area contributed by atoms with Crippen LogP contribution in [-0.4, -0.2) is 63.9 Å². The third kappa shape index (κ3) is 7.94. The minimum absolute atomic E-state index is 0.0125. The number of hydrogen-bond donors (Lipinski definition) is 4. The first-order valence-corrected chi connectivity index (χ1v) is 18.5. The van der Waals surface area contributed by atoms with Crippen LogP contribution < -0.4 is 20.1 Å². The van der Waals surface area contributed by atoms with E-state index in [1.165, 1.54) is 36.5 Å². The number of hydrogen-bond acceptors (Lipinski definition) is 12. The van der Waals surface area contributed by atoms with Gasteiger partial charge in [0.2, 0.25) is 15.9 Å². The number of primary sulfonamides is 1. The van der Waals surface area contributed by atoms with E-state index in [0.717, 1.165) is 16.8 Å². The maximum Gasteiger partial charge on any atom is 0.263 e. The molecule has 0 saturated carbocycles. The summed E-state index contributed by atoms with van der Waals surface area (Å²) >= 11 is 19.1. The van der Waals surface area contributed by atoms with E-state index >= 15 is 0 Å². The number of nitrogens with one attached hydrogen (secondary N) is 2. The molecule has 1 amide bonds. The summed E-state index contributed by atoms with van der Waals surface area (Å²) in [5.74, 6) is -0.896. The molecule has 0 unspecified atom stereocenters. The zero-order valence-corrected chi connectivity index (χ0v) is 29.7. The largest absolute Gasteiger partial charge is 0.504 e. The molecule has 0 spiro atoms. The van der Waals surface area contributed by atoms with Gasteiger partial charge in [-0.1, -0.05) is 41.7 Å². The third-order valence-corrected chi connectivity index (χ3v) is 10.5. The number of azo groups is 1. The molecule has 0 aliphatic carbocycles. The van der Waals surface area contributed by atoms with E-state index in [1.807, 2.05) is 6.07 Å². The van der Waals surface area contributed by atoms with Crippen molar-refractivity contribution < 1.29 is 31.5 Å². The molecule has 1 aliphatic rings. The number of phenolic OH excluding ortho intramolecular Hbond substituents is 1. The number of nitrogens with two attached hydrogens (primary N) is 1. The summed E-state index contributed by atoms with van der Waals surface area (Å²) in [7, 11) is -8.73. The molecule has 21 heteroatoms. The van der Waals surface area contributed by atoms with E-state index in [0.29, 0.717) is 32.0 Å². The molecule has 50 heavy (non-hydrogen) atoms. The SMILES string of the molecule is CCC(=O)Nc1cc(N=Nc2c(C#N)cnn2-c2cc(Cl)c(S(=O)(=O)Nc3ccc(N4CCOCC4)c(S(N)(=O)=O)c3)cc2Cl)cc(Cl)c1O. The van der Waals surface area contributed by atoms with Crippen LogP contribution >= 0.6 is 34.8 Å². The molecule has 1 aliphatic heterocycles. The zero-order chi connectivity index (χ0) is 36.4. The minimum atomic E-state index is -4.47. The van der Waals surface area contributed by atoms with E-state index in [2.05, 4.69) is 25.4 Å². The first kappa shape index (κ1) is 36.8. The molecule has 4 aromatic rings. The molecule has 1 aromatic heterocycles. The number of sulfonamides is 2. The van der Waals surface area contributed by atoms with E-state index in [-0.39, 0.29) is 66.3 Å². The Labute approximate surface area is 301 Å². The Kier molecular flexibility index (Phi) is 10.9. The van der Waals surface area contributed by atoms with Gasteiger partial charge in [-0.25, -0.2) is 26.7 Å². The molecule has 16 nitrogen and oxygen atoms in total. The molecular weight excluding hydrogens is 757 g/mol. The number of benzene rings is 3. The van der Waals surface area contributed by atoms with Crippen molar-refractivity contribution >= 4 is 89.3 Å². The second-order valence-electron chi connectivity index (χ2n) is 10.5. The molecule has 2 heterocycles. The lowest BCUT2D eigenvalue weighted by Crippen LogP contribution is -2.37. The molecule has 5 N–H and O–H groups in total. The number of aromatic hydroxyl groups is 1. The number of phenols is 1. The van der Waals surface area contributed by atoms with Crippen molar-refractivity contribution in [3.8, 4) is 17.5 Å². The van der Waals surface area contributed by atoms with Crippen LogP contribution in [0.4, 0.5) is 28.6 Å². The number of nitriles is 1. The summed E-state index contributed by atoms with van der Waals surface area (Å²) in [5, 5.41) is 39.6. The van der Waals surface area contributed by atoms with Crippen molar-refractivity contribution in [2.24, 2.45) is 15.4 Å². The highest BCUT2D eigenvalue weighted by Gasteiger charge is 2.26. The Morgan fingerprint density at radius 3 is 2.40 bits per heavy atom. The number of morpholine rings is 1. The lowest BCUT2D eigenvalue weighted by Gasteiger charge is -2.30.